The molecular weight excluding hydrogens is 579 g/mol. The molecule has 21 heavy (non-hydrogen) atoms. The number of hydrogen-bond acceptors (Lipinski definition) is 3. The Hall–Kier alpha value is 0.330. The Bertz CT molecular complexity index is 791. The van der Waals surface area contributed by atoms with Crippen LogP contribution in [-0.4, -0.2) is 13.4 Å². The summed E-state index contributed by atoms with van der Waals surface area (Å²) in [7, 11) is -3.87. The van der Waals surface area contributed by atoms with E-state index in [1.54, 1.807) is 12.1 Å². The molecule has 1 aromatic heterocycles. The number of benzene rings is 1. The van der Waals surface area contributed by atoms with Gasteiger partial charge in [-0.25, -0.2) is 13.4 Å². The molecule has 0 amide bonds. The molecule has 0 atom stereocenters. The number of hydrogen-bond donors (Lipinski definition) is 1. The number of sulfonamides is 1. The molecule has 0 fully saturated rings. The van der Waals surface area contributed by atoms with E-state index in [-0.39, 0.29) is 10.0 Å². The summed E-state index contributed by atoms with van der Waals surface area (Å²) in [5.74, 6) is 0. The summed E-state index contributed by atoms with van der Waals surface area (Å²) in [4.78, 5) is 3.70. The first-order chi connectivity index (χ1) is 9.70. The maximum absolute atomic E-state index is 12.5. The molecule has 0 unspecified atom stereocenters. The van der Waals surface area contributed by atoms with Gasteiger partial charge < -0.3 is 0 Å². The minimum atomic E-state index is -3.87. The molecule has 1 heterocycles. The lowest BCUT2D eigenvalue weighted by Gasteiger charge is -2.13. The number of halogens is 5. The molecule has 0 radical (unpaired) electrons. The van der Waals surface area contributed by atoms with Gasteiger partial charge in [0.1, 0.15) is 10.0 Å². The van der Waals surface area contributed by atoms with Crippen LogP contribution < -0.4 is 4.72 Å². The fourth-order valence-electron chi connectivity index (χ4n) is 1.42. The molecule has 1 aromatic carbocycles. The van der Waals surface area contributed by atoms with Gasteiger partial charge in [0.25, 0.3) is 10.0 Å². The van der Waals surface area contributed by atoms with Crippen molar-refractivity contribution in [1.29, 1.82) is 0 Å². The molecule has 0 aliphatic heterocycles. The van der Waals surface area contributed by atoms with Crippen LogP contribution in [-0.2, 0) is 10.0 Å². The first kappa shape index (κ1) is 17.7. The van der Waals surface area contributed by atoms with E-state index in [1.165, 1.54) is 12.3 Å². The summed E-state index contributed by atoms with van der Waals surface area (Å²) >= 11 is 19.0. The largest absolute Gasteiger partial charge is 0.277 e. The van der Waals surface area contributed by atoms with Crippen LogP contribution in [0.1, 0.15) is 0 Å². The van der Waals surface area contributed by atoms with Gasteiger partial charge in [-0.15, -0.1) is 0 Å². The predicted molar refractivity (Wildman–Crippen MR) is 97.3 cm³/mol. The van der Waals surface area contributed by atoms with Gasteiger partial charge in [0, 0.05) is 24.1 Å². The van der Waals surface area contributed by atoms with Crippen LogP contribution in [0.15, 0.2) is 47.2 Å². The average molecular weight is 584 g/mol. The van der Waals surface area contributed by atoms with Crippen LogP contribution in [0.3, 0.4) is 0 Å². The lowest BCUT2D eigenvalue weighted by Crippen LogP contribution is -2.14. The fourth-order valence-corrected chi connectivity index (χ4v) is 6.19. The van der Waals surface area contributed by atoms with Crippen LogP contribution in [0.4, 0.5) is 5.69 Å². The monoisotopic (exact) mass is 580 g/mol. The summed E-state index contributed by atoms with van der Waals surface area (Å²) in [6.07, 6.45) is 1.42. The van der Waals surface area contributed by atoms with Crippen molar-refractivity contribution in [3.63, 3.8) is 0 Å². The molecule has 4 nitrogen and oxygen atoms in total. The third kappa shape index (κ3) is 4.20. The lowest BCUT2D eigenvalue weighted by molar-refractivity contribution is 0.600. The smallest absolute Gasteiger partial charge is 0.265 e. The molecule has 2 aromatic rings. The zero-order valence-corrected chi connectivity index (χ0v) is 17.8. The zero-order chi connectivity index (χ0) is 15.8. The highest BCUT2D eigenvalue weighted by molar-refractivity contribution is 9.11. The van der Waals surface area contributed by atoms with E-state index in [1.807, 2.05) is 0 Å². The van der Waals surface area contributed by atoms with E-state index < -0.39 is 10.0 Å². The van der Waals surface area contributed by atoms with E-state index in [0.29, 0.717) is 19.1 Å². The number of rotatable bonds is 3. The van der Waals surface area contributed by atoms with Crippen molar-refractivity contribution < 1.29 is 8.42 Å². The van der Waals surface area contributed by atoms with Crippen molar-refractivity contribution in [2.24, 2.45) is 0 Å². The van der Waals surface area contributed by atoms with Gasteiger partial charge in [0.15, 0.2) is 0 Å². The minimum absolute atomic E-state index is 0.102. The molecule has 0 bridgehead atoms. The fraction of sp³-hybridized carbons (Fsp3) is 0. The average Bonchev–Trinajstić information content (AvgIpc) is 2.36. The van der Waals surface area contributed by atoms with Crippen molar-refractivity contribution in [2.45, 2.75) is 4.90 Å². The highest BCUT2D eigenvalue weighted by Crippen LogP contribution is 2.36. The summed E-state index contributed by atoms with van der Waals surface area (Å²) in [5.41, 5.74) is 0.370. The first-order valence-electron chi connectivity index (χ1n) is 5.19. The molecular formula is C11H5Br4ClN2O2S. The maximum atomic E-state index is 12.5. The molecule has 0 saturated heterocycles. The number of pyridine rings is 1. The second-order valence-electron chi connectivity index (χ2n) is 3.79. The van der Waals surface area contributed by atoms with Gasteiger partial charge in [0.2, 0.25) is 0 Å². The van der Waals surface area contributed by atoms with Crippen LogP contribution in [0, 0.1) is 0 Å². The lowest BCUT2D eigenvalue weighted by atomic mass is 10.3. The standard InChI is InChI=1S/C11H5Br4ClN2O2S/c12-5-1-7(14)10(8(15)2-5)18-21(19,20)9-3-6(13)4-17-11(9)16/h1-4,18H. The van der Waals surface area contributed by atoms with Gasteiger partial charge in [-0.1, -0.05) is 27.5 Å². The molecule has 2 rings (SSSR count). The number of nitrogens with one attached hydrogen (secondary N) is 1. The van der Waals surface area contributed by atoms with Gasteiger partial charge in [0.05, 0.1) is 5.69 Å². The molecule has 0 spiro atoms. The molecule has 1 N–H and O–H groups in total. The van der Waals surface area contributed by atoms with Crippen molar-refractivity contribution in [1.82, 2.24) is 4.98 Å². The topological polar surface area (TPSA) is 59.1 Å². The Morgan fingerprint density at radius 3 is 2.14 bits per heavy atom. The second kappa shape index (κ2) is 6.84. The SMILES string of the molecule is O=S(=O)(Nc1c(Br)cc(Br)cc1Br)c1cc(Br)cnc1Cl. The Labute approximate surface area is 160 Å². The van der Waals surface area contributed by atoms with Crippen molar-refractivity contribution in [2.75, 3.05) is 4.72 Å². The number of aromatic nitrogens is 1. The summed E-state index contributed by atoms with van der Waals surface area (Å²) in [5, 5.41) is -0.102. The summed E-state index contributed by atoms with van der Waals surface area (Å²) in [6.45, 7) is 0. The van der Waals surface area contributed by atoms with Gasteiger partial charge in [-0.3, -0.25) is 4.72 Å². The third-order valence-electron chi connectivity index (χ3n) is 2.31. The third-order valence-corrected chi connectivity index (χ3v) is 6.23. The zero-order valence-electron chi connectivity index (χ0n) is 9.87. The Morgan fingerprint density at radius 1 is 1.00 bits per heavy atom. The molecule has 0 saturated carbocycles. The summed E-state index contributed by atoms with van der Waals surface area (Å²) < 4.78 is 29.9. The van der Waals surface area contributed by atoms with E-state index in [2.05, 4.69) is 73.4 Å². The van der Waals surface area contributed by atoms with E-state index in [0.717, 1.165) is 4.47 Å². The van der Waals surface area contributed by atoms with Gasteiger partial charge in [-0.2, -0.15) is 0 Å². The minimum Gasteiger partial charge on any atom is -0.277 e. The Morgan fingerprint density at radius 2 is 1.57 bits per heavy atom. The number of nitrogens with zero attached hydrogens (tertiary/aromatic N) is 1. The molecule has 0 aliphatic rings. The van der Waals surface area contributed by atoms with Gasteiger partial charge >= 0.3 is 0 Å². The van der Waals surface area contributed by atoms with Crippen LogP contribution in [0.2, 0.25) is 5.15 Å². The van der Waals surface area contributed by atoms with E-state index in [9.17, 15) is 8.42 Å². The summed E-state index contributed by atoms with van der Waals surface area (Å²) in [6, 6.07) is 4.84. The first-order valence-corrected chi connectivity index (χ1v) is 10.2. The van der Waals surface area contributed by atoms with Gasteiger partial charge in [-0.05, 0) is 66.0 Å². The Kier molecular flexibility index (Phi) is 5.76. The molecule has 10 heteroatoms. The van der Waals surface area contributed by atoms with Crippen molar-refractivity contribution in [3.8, 4) is 0 Å². The van der Waals surface area contributed by atoms with Crippen LogP contribution in [0.5, 0.6) is 0 Å². The van der Waals surface area contributed by atoms with Crippen LogP contribution in [0.25, 0.3) is 0 Å². The second-order valence-corrected chi connectivity index (χ2v) is 9.34. The van der Waals surface area contributed by atoms with Crippen molar-refractivity contribution in [3.05, 3.63) is 47.4 Å². The highest BCUT2D eigenvalue weighted by Gasteiger charge is 2.22. The molecule has 112 valence electrons. The highest BCUT2D eigenvalue weighted by atomic mass is 79.9. The molecule has 0 aliphatic carbocycles. The van der Waals surface area contributed by atoms with Crippen LogP contribution >= 0.6 is 75.3 Å². The predicted octanol–water partition coefficient (Wildman–Crippen LogP) is 5.59. The quantitative estimate of drug-likeness (QED) is 0.480. The normalized spacial score (nSPS) is 11.5. The van der Waals surface area contributed by atoms with Crippen molar-refractivity contribution >= 4 is 91.0 Å². The van der Waals surface area contributed by atoms with E-state index >= 15 is 0 Å². The Balaban J connectivity index is 2.50. The maximum Gasteiger partial charge on any atom is 0.265 e. The number of anilines is 1. The van der Waals surface area contributed by atoms with E-state index in [4.69, 9.17) is 11.6 Å².